The number of hydrogen-bond donors (Lipinski definition) is 1. The Morgan fingerprint density at radius 2 is 2.00 bits per heavy atom. The van der Waals surface area contributed by atoms with Crippen LogP contribution < -0.4 is 10.1 Å². The Kier molecular flexibility index (Phi) is 3.65. The van der Waals surface area contributed by atoms with Crippen LogP contribution in [0.15, 0.2) is 24.3 Å². The maximum atomic E-state index is 5.69. The normalized spacial score (nSPS) is 13.3. The molecule has 0 fully saturated rings. The van der Waals surface area contributed by atoms with Crippen LogP contribution in [0.1, 0.15) is 30.8 Å². The average molecular weight is 269 g/mol. The molecule has 1 aromatic carbocycles. The van der Waals surface area contributed by atoms with E-state index in [4.69, 9.17) is 14.7 Å². The second-order valence-corrected chi connectivity index (χ2v) is 4.81. The molecule has 20 heavy (non-hydrogen) atoms. The molecule has 0 saturated heterocycles. The molecule has 0 bridgehead atoms. The number of para-hydroxylation sites is 1. The highest BCUT2D eigenvalue weighted by atomic mass is 16.5. The largest absolute Gasteiger partial charge is 0.493 e. The first-order valence-corrected chi connectivity index (χ1v) is 7.15. The van der Waals surface area contributed by atoms with Crippen molar-refractivity contribution in [2.75, 3.05) is 6.61 Å². The van der Waals surface area contributed by atoms with Crippen LogP contribution in [0.25, 0.3) is 11.4 Å². The monoisotopic (exact) mass is 269 g/mol. The van der Waals surface area contributed by atoms with Gasteiger partial charge in [0.25, 0.3) is 0 Å². The van der Waals surface area contributed by atoms with Gasteiger partial charge in [-0.15, -0.1) is 0 Å². The van der Waals surface area contributed by atoms with Gasteiger partial charge in [0.05, 0.1) is 17.9 Å². The lowest BCUT2D eigenvalue weighted by Gasteiger charge is -2.11. The summed E-state index contributed by atoms with van der Waals surface area (Å²) in [5, 5.41) is 3.35. The molecule has 1 aromatic heterocycles. The Morgan fingerprint density at radius 1 is 1.15 bits per heavy atom. The molecular weight excluding hydrogens is 250 g/mol. The minimum absolute atomic E-state index is 0.643. The number of aryl methyl sites for hydroxylation is 1. The fourth-order valence-electron chi connectivity index (χ4n) is 2.58. The first-order valence-electron chi connectivity index (χ1n) is 7.15. The number of ether oxygens (including phenoxy) is 1. The molecule has 0 amide bonds. The first kappa shape index (κ1) is 13.1. The van der Waals surface area contributed by atoms with Crippen molar-refractivity contribution < 1.29 is 4.74 Å². The highest BCUT2D eigenvalue weighted by Crippen LogP contribution is 2.29. The number of rotatable bonds is 4. The first-order chi connectivity index (χ1) is 9.83. The van der Waals surface area contributed by atoms with E-state index < -0.39 is 0 Å². The molecule has 104 valence electrons. The highest BCUT2D eigenvalue weighted by Gasteiger charge is 2.19. The zero-order chi connectivity index (χ0) is 13.9. The predicted molar refractivity (Wildman–Crippen MR) is 78.6 cm³/mol. The second kappa shape index (κ2) is 5.59. The number of aromatic nitrogens is 2. The average Bonchev–Trinajstić information content (AvgIpc) is 2.95. The van der Waals surface area contributed by atoms with Crippen LogP contribution in [0.5, 0.6) is 5.75 Å². The van der Waals surface area contributed by atoms with Crippen LogP contribution >= 0.6 is 0 Å². The van der Waals surface area contributed by atoms with E-state index in [0.717, 1.165) is 48.0 Å². The molecule has 0 radical (unpaired) electrons. The van der Waals surface area contributed by atoms with E-state index in [1.165, 1.54) is 5.56 Å². The third-order valence-electron chi connectivity index (χ3n) is 3.54. The van der Waals surface area contributed by atoms with E-state index in [0.29, 0.717) is 6.61 Å². The molecule has 0 unspecified atom stereocenters. The lowest BCUT2D eigenvalue weighted by atomic mass is 10.1. The zero-order valence-electron chi connectivity index (χ0n) is 11.9. The molecule has 3 rings (SSSR count). The van der Waals surface area contributed by atoms with E-state index in [9.17, 15) is 0 Å². The number of fused-ring (bicyclic) bond motifs is 1. The van der Waals surface area contributed by atoms with E-state index in [1.807, 2.05) is 31.2 Å². The zero-order valence-corrected chi connectivity index (χ0v) is 11.9. The summed E-state index contributed by atoms with van der Waals surface area (Å²) in [6.45, 7) is 6.48. The van der Waals surface area contributed by atoms with Gasteiger partial charge >= 0.3 is 0 Å². The molecular formula is C16H19N3O. The van der Waals surface area contributed by atoms with E-state index in [1.54, 1.807) is 0 Å². The summed E-state index contributed by atoms with van der Waals surface area (Å²) < 4.78 is 5.69. The lowest BCUT2D eigenvalue weighted by Crippen LogP contribution is -2.04. The van der Waals surface area contributed by atoms with Crippen LogP contribution in [0.4, 0.5) is 0 Å². The lowest BCUT2D eigenvalue weighted by molar-refractivity contribution is 0.341. The minimum Gasteiger partial charge on any atom is -0.493 e. The molecule has 4 heteroatoms. The predicted octanol–water partition coefficient (Wildman–Crippen LogP) is 2.71. The number of nitrogens with zero attached hydrogens (tertiary/aromatic N) is 2. The Labute approximate surface area is 119 Å². The van der Waals surface area contributed by atoms with Gasteiger partial charge in [0.15, 0.2) is 5.82 Å². The van der Waals surface area contributed by atoms with Crippen LogP contribution in [0, 0.1) is 0 Å². The van der Waals surface area contributed by atoms with E-state index in [-0.39, 0.29) is 0 Å². The molecule has 2 aromatic rings. The van der Waals surface area contributed by atoms with Crippen molar-refractivity contribution in [1.29, 1.82) is 0 Å². The van der Waals surface area contributed by atoms with Crippen LogP contribution in [-0.4, -0.2) is 16.6 Å². The topological polar surface area (TPSA) is 47.0 Å². The summed E-state index contributed by atoms with van der Waals surface area (Å²) in [4.78, 5) is 9.47. The Morgan fingerprint density at radius 3 is 2.80 bits per heavy atom. The van der Waals surface area contributed by atoms with Crippen LogP contribution in [0.3, 0.4) is 0 Å². The third-order valence-corrected chi connectivity index (χ3v) is 3.54. The summed E-state index contributed by atoms with van der Waals surface area (Å²) in [6, 6.07) is 7.97. The third kappa shape index (κ3) is 2.27. The molecule has 0 saturated carbocycles. The molecule has 0 atom stereocenters. The SMILES string of the molecule is CCOc1ccccc1-c1nc(CC)c2c(n1)CNC2. The van der Waals surface area contributed by atoms with Crippen LogP contribution in [0.2, 0.25) is 0 Å². The van der Waals surface area contributed by atoms with Gasteiger partial charge in [0, 0.05) is 24.3 Å². The molecule has 4 nitrogen and oxygen atoms in total. The Balaban J connectivity index is 2.11. The maximum absolute atomic E-state index is 5.69. The van der Waals surface area contributed by atoms with E-state index in [2.05, 4.69) is 12.2 Å². The Bertz CT molecular complexity index is 625. The summed E-state index contributed by atoms with van der Waals surface area (Å²) >= 11 is 0. The van der Waals surface area contributed by atoms with Gasteiger partial charge in [0.2, 0.25) is 0 Å². The number of nitrogens with one attached hydrogen (secondary N) is 1. The van der Waals surface area contributed by atoms with Crippen molar-refractivity contribution in [3.8, 4) is 17.1 Å². The minimum atomic E-state index is 0.643. The van der Waals surface area contributed by atoms with Gasteiger partial charge in [-0.3, -0.25) is 0 Å². The molecule has 1 aliphatic rings. The van der Waals surface area contributed by atoms with Crippen molar-refractivity contribution in [3.63, 3.8) is 0 Å². The fraction of sp³-hybridized carbons (Fsp3) is 0.375. The molecule has 1 aliphatic heterocycles. The molecule has 1 N–H and O–H groups in total. The van der Waals surface area contributed by atoms with Crippen molar-refractivity contribution in [2.45, 2.75) is 33.4 Å². The van der Waals surface area contributed by atoms with Crippen molar-refractivity contribution in [1.82, 2.24) is 15.3 Å². The summed E-state index contributed by atoms with van der Waals surface area (Å²) in [5.41, 5.74) is 4.50. The number of hydrogen-bond acceptors (Lipinski definition) is 4. The maximum Gasteiger partial charge on any atom is 0.163 e. The van der Waals surface area contributed by atoms with Gasteiger partial charge in [-0.25, -0.2) is 9.97 Å². The van der Waals surface area contributed by atoms with Crippen molar-refractivity contribution >= 4 is 0 Å². The summed E-state index contributed by atoms with van der Waals surface area (Å²) in [6.07, 6.45) is 0.927. The van der Waals surface area contributed by atoms with Gasteiger partial charge in [-0.2, -0.15) is 0 Å². The summed E-state index contributed by atoms with van der Waals surface area (Å²) in [7, 11) is 0. The fourth-order valence-corrected chi connectivity index (χ4v) is 2.58. The highest BCUT2D eigenvalue weighted by molar-refractivity contribution is 5.64. The van der Waals surface area contributed by atoms with Crippen LogP contribution in [-0.2, 0) is 19.5 Å². The van der Waals surface area contributed by atoms with Crippen molar-refractivity contribution in [2.24, 2.45) is 0 Å². The molecule has 0 spiro atoms. The van der Waals surface area contributed by atoms with Gasteiger partial charge < -0.3 is 10.1 Å². The smallest absolute Gasteiger partial charge is 0.163 e. The Hall–Kier alpha value is -1.94. The quantitative estimate of drug-likeness (QED) is 0.927. The van der Waals surface area contributed by atoms with Gasteiger partial charge in [-0.1, -0.05) is 19.1 Å². The standard InChI is InChI=1S/C16H19N3O/c1-3-13-12-9-17-10-14(12)19-16(18-13)11-7-5-6-8-15(11)20-4-2/h5-8,17H,3-4,9-10H2,1-2H3. The second-order valence-electron chi connectivity index (χ2n) is 4.81. The molecule has 0 aliphatic carbocycles. The van der Waals surface area contributed by atoms with Crippen molar-refractivity contribution in [3.05, 3.63) is 41.2 Å². The number of benzene rings is 1. The van der Waals surface area contributed by atoms with E-state index >= 15 is 0 Å². The van der Waals surface area contributed by atoms with Gasteiger partial charge in [0.1, 0.15) is 5.75 Å². The summed E-state index contributed by atoms with van der Waals surface area (Å²) in [5.74, 6) is 1.62. The van der Waals surface area contributed by atoms with Gasteiger partial charge in [-0.05, 0) is 25.5 Å². The molecule has 2 heterocycles.